The van der Waals surface area contributed by atoms with Crippen LogP contribution in [-0.4, -0.2) is 18.5 Å². The first kappa shape index (κ1) is 13.5. The van der Waals surface area contributed by atoms with Crippen LogP contribution in [0.15, 0.2) is 42.5 Å². The molecule has 1 heterocycles. The number of hydrogen-bond donors (Lipinski definition) is 0. The van der Waals surface area contributed by atoms with Crippen LogP contribution in [0.3, 0.4) is 0 Å². The van der Waals surface area contributed by atoms with Crippen molar-refractivity contribution < 1.29 is 0 Å². The maximum atomic E-state index is 6.36. The van der Waals surface area contributed by atoms with E-state index in [-0.39, 0.29) is 0 Å². The highest BCUT2D eigenvalue weighted by Gasteiger charge is 2.18. The Bertz CT molecular complexity index is 656. The third-order valence-electron chi connectivity index (χ3n) is 3.69. The maximum Gasteiger partial charge on any atom is 0.0514 e. The SMILES string of the molecule is CN1CCc2ccccc2C=C1c1c(Cl)cccc1Cl. The van der Waals surface area contributed by atoms with Gasteiger partial charge in [-0.15, -0.1) is 0 Å². The van der Waals surface area contributed by atoms with E-state index in [2.05, 4.69) is 42.3 Å². The predicted octanol–water partition coefficient (Wildman–Crippen LogP) is 4.98. The Morgan fingerprint density at radius 2 is 1.65 bits per heavy atom. The zero-order valence-electron chi connectivity index (χ0n) is 11.2. The van der Waals surface area contributed by atoms with Gasteiger partial charge in [-0.2, -0.15) is 0 Å². The third kappa shape index (κ3) is 2.44. The summed E-state index contributed by atoms with van der Waals surface area (Å²) in [4.78, 5) is 2.22. The molecule has 0 atom stereocenters. The summed E-state index contributed by atoms with van der Waals surface area (Å²) in [5, 5.41) is 1.38. The van der Waals surface area contributed by atoms with Crippen molar-refractivity contribution in [1.82, 2.24) is 4.90 Å². The Morgan fingerprint density at radius 3 is 2.40 bits per heavy atom. The smallest absolute Gasteiger partial charge is 0.0514 e. The average molecular weight is 304 g/mol. The Kier molecular flexibility index (Phi) is 3.73. The lowest BCUT2D eigenvalue weighted by Crippen LogP contribution is -2.18. The van der Waals surface area contributed by atoms with Crippen LogP contribution < -0.4 is 0 Å². The van der Waals surface area contributed by atoms with Gasteiger partial charge in [-0.05, 0) is 35.8 Å². The van der Waals surface area contributed by atoms with Gasteiger partial charge in [0.1, 0.15) is 0 Å². The van der Waals surface area contributed by atoms with Gasteiger partial charge in [0, 0.05) is 24.9 Å². The summed E-state index contributed by atoms with van der Waals surface area (Å²) < 4.78 is 0. The van der Waals surface area contributed by atoms with Gasteiger partial charge < -0.3 is 4.90 Å². The monoisotopic (exact) mass is 303 g/mol. The Morgan fingerprint density at radius 1 is 0.950 bits per heavy atom. The van der Waals surface area contributed by atoms with E-state index in [0.29, 0.717) is 10.0 Å². The summed E-state index contributed by atoms with van der Waals surface area (Å²) in [6.45, 7) is 0.949. The van der Waals surface area contributed by atoms with Gasteiger partial charge in [0.05, 0.1) is 10.0 Å². The summed E-state index contributed by atoms with van der Waals surface area (Å²) in [6.07, 6.45) is 3.20. The molecule has 0 saturated heterocycles. The number of rotatable bonds is 1. The summed E-state index contributed by atoms with van der Waals surface area (Å²) >= 11 is 12.7. The first-order valence-electron chi connectivity index (χ1n) is 6.62. The highest BCUT2D eigenvalue weighted by molar-refractivity contribution is 6.37. The van der Waals surface area contributed by atoms with Crippen molar-refractivity contribution in [3.63, 3.8) is 0 Å². The van der Waals surface area contributed by atoms with Crippen molar-refractivity contribution in [2.75, 3.05) is 13.6 Å². The van der Waals surface area contributed by atoms with Crippen molar-refractivity contribution in [1.29, 1.82) is 0 Å². The molecule has 3 heteroatoms. The fraction of sp³-hybridized carbons (Fsp3) is 0.176. The van der Waals surface area contributed by atoms with Crippen LogP contribution in [0.25, 0.3) is 11.8 Å². The minimum Gasteiger partial charge on any atom is -0.374 e. The lowest BCUT2D eigenvalue weighted by atomic mass is 10.0. The van der Waals surface area contributed by atoms with Gasteiger partial charge in [-0.25, -0.2) is 0 Å². The van der Waals surface area contributed by atoms with Gasteiger partial charge >= 0.3 is 0 Å². The van der Waals surface area contributed by atoms with E-state index in [1.165, 1.54) is 11.1 Å². The predicted molar refractivity (Wildman–Crippen MR) is 87.1 cm³/mol. The molecule has 2 aromatic rings. The Labute approximate surface area is 129 Å². The van der Waals surface area contributed by atoms with E-state index in [1.54, 1.807) is 0 Å². The first-order chi connectivity index (χ1) is 9.66. The normalized spacial score (nSPS) is 14.6. The third-order valence-corrected chi connectivity index (χ3v) is 4.32. The van der Waals surface area contributed by atoms with Crippen molar-refractivity contribution in [2.45, 2.75) is 6.42 Å². The summed E-state index contributed by atoms with van der Waals surface area (Å²) in [7, 11) is 2.08. The molecular weight excluding hydrogens is 289 g/mol. The van der Waals surface area contributed by atoms with E-state index < -0.39 is 0 Å². The van der Waals surface area contributed by atoms with Crippen LogP contribution in [0.1, 0.15) is 16.7 Å². The largest absolute Gasteiger partial charge is 0.374 e. The molecule has 1 aliphatic rings. The van der Waals surface area contributed by atoms with Gasteiger partial charge in [0.2, 0.25) is 0 Å². The Hall–Kier alpha value is -1.44. The molecule has 0 N–H and O–H groups in total. The fourth-order valence-electron chi connectivity index (χ4n) is 2.57. The molecule has 0 bridgehead atoms. The van der Waals surface area contributed by atoms with E-state index in [0.717, 1.165) is 24.2 Å². The summed E-state index contributed by atoms with van der Waals surface area (Å²) in [5.74, 6) is 0. The van der Waals surface area contributed by atoms with Gasteiger partial charge in [-0.3, -0.25) is 0 Å². The molecule has 1 aliphatic heterocycles. The molecular formula is C17H15Cl2N. The van der Waals surface area contributed by atoms with Gasteiger partial charge in [0.15, 0.2) is 0 Å². The second-order valence-corrected chi connectivity index (χ2v) is 5.81. The molecule has 0 unspecified atom stereocenters. The Balaban J connectivity index is 2.19. The van der Waals surface area contributed by atoms with Gasteiger partial charge in [0.25, 0.3) is 0 Å². The van der Waals surface area contributed by atoms with Crippen LogP contribution in [0.4, 0.5) is 0 Å². The standard InChI is InChI=1S/C17H15Cl2N/c1-20-10-9-12-5-2-3-6-13(12)11-16(20)17-14(18)7-4-8-15(17)19/h2-8,11H,9-10H2,1H3. The number of likely N-dealkylation sites (N-methyl/N-ethyl adjacent to an activating group) is 1. The quantitative estimate of drug-likeness (QED) is 0.718. The van der Waals surface area contributed by atoms with E-state index in [1.807, 2.05) is 18.2 Å². The van der Waals surface area contributed by atoms with E-state index >= 15 is 0 Å². The van der Waals surface area contributed by atoms with Crippen LogP contribution >= 0.6 is 23.2 Å². The van der Waals surface area contributed by atoms with E-state index in [4.69, 9.17) is 23.2 Å². The summed E-state index contributed by atoms with van der Waals surface area (Å²) in [6, 6.07) is 14.1. The second kappa shape index (κ2) is 5.51. The van der Waals surface area contributed by atoms with Gasteiger partial charge in [-0.1, -0.05) is 53.5 Å². The molecule has 102 valence electrons. The van der Waals surface area contributed by atoms with Crippen molar-refractivity contribution >= 4 is 35.0 Å². The fourth-order valence-corrected chi connectivity index (χ4v) is 3.17. The molecule has 0 saturated carbocycles. The van der Waals surface area contributed by atoms with Crippen molar-refractivity contribution in [3.8, 4) is 0 Å². The lowest BCUT2D eigenvalue weighted by Gasteiger charge is -2.22. The minimum atomic E-state index is 0.690. The molecule has 3 rings (SSSR count). The molecule has 20 heavy (non-hydrogen) atoms. The molecule has 0 aliphatic carbocycles. The molecule has 0 amide bonds. The number of hydrogen-bond acceptors (Lipinski definition) is 1. The molecule has 0 fully saturated rings. The highest BCUT2D eigenvalue weighted by atomic mass is 35.5. The zero-order chi connectivity index (χ0) is 14.1. The minimum absolute atomic E-state index is 0.690. The lowest BCUT2D eigenvalue weighted by molar-refractivity contribution is 0.489. The molecule has 0 radical (unpaired) electrons. The first-order valence-corrected chi connectivity index (χ1v) is 7.37. The molecule has 2 aromatic carbocycles. The number of benzene rings is 2. The number of halogens is 2. The highest BCUT2D eigenvalue weighted by Crippen LogP contribution is 2.35. The summed E-state index contributed by atoms with van der Waals surface area (Å²) in [5.41, 5.74) is 4.58. The van der Waals surface area contributed by atoms with Crippen LogP contribution in [-0.2, 0) is 6.42 Å². The second-order valence-electron chi connectivity index (χ2n) is 5.00. The maximum absolute atomic E-state index is 6.36. The van der Waals surface area contributed by atoms with Crippen LogP contribution in [0.5, 0.6) is 0 Å². The van der Waals surface area contributed by atoms with E-state index in [9.17, 15) is 0 Å². The van der Waals surface area contributed by atoms with Crippen molar-refractivity contribution in [2.24, 2.45) is 0 Å². The van der Waals surface area contributed by atoms with Crippen LogP contribution in [0.2, 0.25) is 10.0 Å². The van der Waals surface area contributed by atoms with Crippen LogP contribution in [0, 0.1) is 0 Å². The topological polar surface area (TPSA) is 3.24 Å². The molecule has 0 aromatic heterocycles. The molecule has 1 nitrogen and oxygen atoms in total. The molecule has 0 spiro atoms. The number of fused-ring (bicyclic) bond motifs is 1. The number of nitrogens with zero attached hydrogens (tertiary/aromatic N) is 1. The average Bonchev–Trinajstić information content (AvgIpc) is 2.59. The van der Waals surface area contributed by atoms with Crippen molar-refractivity contribution in [3.05, 3.63) is 69.2 Å². The zero-order valence-corrected chi connectivity index (χ0v) is 12.7.